The maximum atomic E-state index is 16.5. The van der Waals surface area contributed by atoms with Gasteiger partial charge in [-0.15, -0.1) is 0 Å². The van der Waals surface area contributed by atoms with E-state index in [0.717, 1.165) is 24.3 Å². The molecule has 0 aliphatic heterocycles. The van der Waals surface area contributed by atoms with Gasteiger partial charge in [0.15, 0.2) is 11.7 Å². The van der Waals surface area contributed by atoms with Crippen LogP contribution in [0.1, 0.15) is 73.4 Å². The molecule has 0 aromatic heterocycles. The van der Waals surface area contributed by atoms with Gasteiger partial charge in [0.25, 0.3) is 11.8 Å². The van der Waals surface area contributed by atoms with Gasteiger partial charge in [0.05, 0.1) is 35.1 Å². The van der Waals surface area contributed by atoms with Gasteiger partial charge in [0.1, 0.15) is 11.2 Å². The van der Waals surface area contributed by atoms with Crippen molar-refractivity contribution in [3.8, 4) is 6.07 Å². The molecular formula is C36H31Br2F8N3O6. The summed E-state index contributed by atoms with van der Waals surface area (Å²) in [5, 5.41) is 11.5. The Kier molecular flexibility index (Phi) is 13.3. The van der Waals surface area contributed by atoms with Crippen LogP contribution in [0.2, 0.25) is 0 Å². The summed E-state index contributed by atoms with van der Waals surface area (Å²) in [6.07, 6.45) is -12.9. The molecule has 1 N–H and O–H groups in total. The SMILES string of the molecule is CC(C)(C)OC(=O)C(CN(C(=O)c1cccc(C#N)c1)c1cccc(C(=O)Nc2c(Br)cc(C(F)(C(F)(F)F)C(F)(F)F)cc2Br)c1F)C(=O)OC(C)(C)C. The van der Waals surface area contributed by atoms with Crippen LogP contribution >= 0.6 is 31.9 Å². The molecule has 3 aromatic carbocycles. The summed E-state index contributed by atoms with van der Waals surface area (Å²) in [4.78, 5) is 55.0. The quantitative estimate of drug-likeness (QED) is 0.129. The molecule has 3 rings (SSSR count). The van der Waals surface area contributed by atoms with Crippen molar-refractivity contribution in [1.82, 2.24) is 0 Å². The number of halogens is 10. The summed E-state index contributed by atoms with van der Waals surface area (Å²) in [6.45, 7) is 8.07. The number of anilines is 2. The highest BCUT2D eigenvalue weighted by Crippen LogP contribution is 2.54. The molecule has 2 amide bonds. The van der Waals surface area contributed by atoms with Crippen molar-refractivity contribution >= 4 is 67.0 Å². The normalized spacial score (nSPS) is 12.5. The lowest BCUT2D eigenvalue weighted by molar-refractivity contribution is -0.348. The first-order chi connectivity index (χ1) is 25.0. The number of ether oxygens (including phenoxy) is 2. The van der Waals surface area contributed by atoms with Crippen molar-refractivity contribution in [3.63, 3.8) is 0 Å². The van der Waals surface area contributed by atoms with E-state index in [1.165, 1.54) is 59.7 Å². The van der Waals surface area contributed by atoms with Gasteiger partial charge in [-0.05, 0) is 116 Å². The zero-order chi connectivity index (χ0) is 42.1. The fraction of sp³-hybridized carbons (Fsp3) is 0.361. The topological polar surface area (TPSA) is 126 Å². The van der Waals surface area contributed by atoms with Crippen molar-refractivity contribution in [3.05, 3.63) is 91.6 Å². The highest BCUT2D eigenvalue weighted by molar-refractivity contribution is 9.11. The summed E-state index contributed by atoms with van der Waals surface area (Å²) >= 11 is 5.46. The standard InChI is InChI=1S/C36H31Br2F8N3O6/c1-32(2,3)54-30(52)22(31(53)55-33(4,5)6)17-49(29(51)19-10-7-9-18(13-19)16-47)25-12-8-11-21(26(25)39)28(50)48-27-23(37)14-20(15-24(27)38)34(40,35(41,42)43)36(44,45)46/h7-15,22H,17H2,1-6H3,(H,48,50). The molecule has 0 saturated carbocycles. The number of carbonyl (C=O) groups is 4. The lowest BCUT2D eigenvalue weighted by Gasteiger charge is -2.31. The fourth-order valence-electron chi connectivity index (χ4n) is 4.81. The monoisotopic (exact) mass is 911 g/mol. The van der Waals surface area contributed by atoms with Gasteiger partial charge in [-0.3, -0.25) is 19.2 Å². The Balaban J connectivity index is 2.18. The fourth-order valence-corrected chi connectivity index (χ4v) is 6.19. The molecule has 19 heteroatoms. The summed E-state index contributed by atoms with van der Waals surface area (Å²) in [7, 11) is 0. The average Bonchev–Trinajstić information content (AvgIpc) is 3.03. The van der Waals surface area contributed by atoms with Crippen LogP contribution < -0.4 is 10.2 Å². The van der Waals surface area contributed by atoms with Crippen molar-refractivity contribution in [2.75, 3.05) is 16.8 Å². The third-order valence-corrected chi connectivity index (χ3v) is 8.46. The van der Waals surface area contributed by atoms with Crippen LogP contribution in [0.5, 0.6) is 0 Å². The summed E-state index contributed by atoms with van der Waals surface area (Å²) < 4.78 is 121. The van der Waals surface area contributed by atoms with E-state index in [2.05, 4.69) is 37.2 Å². The number of hydrogen-bond acceptors (Lipinski definition) is 7. The van der Waals surface area contributed by atoms with Gasteiger partial charge >= 0.3 is 30.0 Å². The predicted octanol–water partition coefficient (Wildman–Crippen LogP) is 9.71. The predicted molar refractivity (Wildman–Crippen MR) is 189 cm³/mol. The van der Waals surface area contributed by atoms with E-state index >= 15 is 4.39 Å². The second kappa shape index (κ2) is 16.3. The number of nitriles is 1. The minimum absolute atomic E-state index is 0.00729. The summed E-state index contributed by atoms with van der Waals surface area (Å²) in [5.41, 5.74) is -12.3. The number of rotatable bonds is 9. The van der Waals surface area contributed by atoms with E-state index < -0.39 is 103 Å². The Hall–Kier alpha value is -4.57. The molecule has 0 spiro atoms. The minimum Gasteiger partial charge on any atom is -0.459 e. The lowest BCUT2D eigenvalue weighted by Crippen LogP contribution is -2.50. The number of hydrogen-bond donors (Lipinski definition) is 1. The molecule has 0 saturated heterocycles. The lowest BCUT2D eigenvalue weighted by atomic mass is 9.94. The van der Waals surface area contributed by atoms with Crippen LogP contribution in [0.3, 0.4) is 0 Å². The van der Waals surface area contributed by atoms with Gasteiger partial charge in [0, 0.05) is 20.1 Å². The zero-order valence-electron chi connectivity index (χ0n) is 29.6. The zero-order valence-corrected chi connectivity index (χ0v) is 32.8. The molecule has 0 heterocycles. The van der Waals surface area contributed by atoms with Crippen molar-refractivity contribution < 1.29 is 63.8 Å². The van der Waals surface area contributed by atoms with E-state index in [0.29, 0.717) is 4.90 Å². The van der Waals surface area contributed by atoms with Crippen LogP contribution in [0.4, 0.5) is 46.5 Å². The molecule has 0 unspecified atom stereocenters. The van der Waals surface area contributed by atoms with E-state index in [1.54, 1.807) is 0 Å². The number of amides is 2. The van der Waals surface area contributed by atoms with Gasteiger partial charge in [-0.2, -0.15) is 31.6 Å². The molecule has 9 nitrogen and oxygen atoms in total. The third kappa shape index (κ3) is 10.4. The number of nitrogens with zero attached hydrogens (tertiary/aromatic N) is 2. The first-order valence-corrected chi connectivity index (χ1v) is 17.3. The molecular weight excluding hydrogens is 882 g/mol. The van der Waals surface area contributed by atoms with Gasteiger partial charge < -0.3 is 19.7 Å². The molecule has 0 aliphatic rings. The number of esters is 2. The molecule has 296 valence electrons. The first-order valence-electron chi connectivity index (χ1n) is 15.7. The highest BCUT2D eigenvalue weighted by atomic mass is 79.9. The van der Waals surface area contributed by atoms with Crippen molar-refractivity contribution in [2.24, 2.45) is 5.92 Å². The Morgan fingerprint density at radius 2 is 1.29 bits per heavy atom. The Morgan fingerprint density at radius 3 is 1.75 bits per heavy atom. The molecule has 0 bridgehead atoms. The van der Waals surface area contributed by atoms with Crippen molar-refractivity contribution in [2.45, 2.75) is 70.8 Å². The van der Waals surface area contributed by atoms with Crippen LogP contribution in [0, 0.1) is 23.1 Å². The van der Waals surface area contributed by atoms with Crippen molar-refractivity contribution in [1.29, 1.82) is 5.26 Å². The first kappa shape index (κ1) is 44.8. The second-order valence-corrected chi connectivity index (χ2v) is 15.5. The molecule has 55 heavy (non-hydrogen) atoms. The summed E-state index contributed by atoms with van der Waals surface area (Å²) in [5.74, 6) is -8.09. The Morgan fingerprint density at radius 1 is 0.800 bits per heavy atom. The van der Waals surface area contributed by atoms with Gasteiger partial charge in [0.2, 0.25) is 0 Å². The molecule has 0 radical (unpaired) electrons. The average molecular weight is 913 g/mol. The Labute approximate surface area is 326 Å². The highest BCUT2D eigenvalue weighted by Gasteiger charge is 2.73. The van der Waals surface area contributed by atoms with Crippen LogP contribution in [0.15, 0.2) is 63.5 Å². The Bertz CT molecular complexity index is 1970. The minimum atomic E-state index is -6.44. The smallest absolute Gasteiger partial charge is 0.435 e. The molecule has 0 aliphatic carbocycles. The van der Waals surface area contributed by atoms with Crippen LogP contribution in [0.25, 0.3) is 0 Å². The van der Waals surface area contributed by atoms with E-state index in [-0.39, 0.29) is 23.3 Å². The largest absolute Gasteiger partial charge is 0.459 e. The van der Waals surface area contributed by atoms with E-state index in [4.69, 9.17) is 9.47 Å². The molecule has 3 aromatic rings. The van der Waals surface area contributed by atoms with Gasteiger partial charge in [-0.25, -0.2) is 8.78 Å². The number of benzene rings is 3. The third-order valence-electron chi connectivity index (χ3n) is 7.20. The van der Waals surface area contributed by atoms with E-state index in [9.17, 15) is 55.2 Å². The summed E-state index contributed by atoms with van der Waals surface area (Å²) in [6, 6.07) is 10.2. The van der Waals surface area contributed by atoms with Crippen LogP contribution in [-0.4, -0.2) is 53.9 Å². The second-order valence-electron chi connectivity index (χ2n) is 13.8. The number of carbonyl (C=O) groups excluding carboxylic acids is 4. The maximum absolute atomic E-state index is 16.5. The number of nitrogens with one attached hydrogen (secondary N) is 1. The van der Waals surface area contributed by atoms with E-state index in [1.807, 2.05) is 6.07 Å². The molecule has 0 atom stereocenters. The molecule has 0 fully saturated rings. The number of alkyl halides is 7. The maximum Gasteiger partial charge on any atom is 0.435 e. The van der Waals surface area contributed by atoms with Gasteiger partial charge in [-0.1, -0.05) is 12.1 Å². The van der Waals surface area contributed by atoms with Crippen LogP contribution in [-0.2, 0) is 24.7 Å².